The van der Waals surface area contributed by atoms with Gasteiger partial charge in [0.05, 0.1) is 22.3 Å². The minimum absolute atomic E-state index is 0.188. The van der Waals surface area contributed by atoms with Gasteiger partial charge in [-0.25, -0.2) is 9.37 Å². The van der Waals surface area contributed by atoms with Crippen LogP contribution in [0.1, 0.15) is 11.1 Å². The maximum Gasteiger partial charge on any atom is 0.131 e. The molecule has 0 amide bonds. The lowest BCUT2D eigenvalue weighted by molar-refractivity contribution is 0.414. The van der Waals surface area contributed by atoms with Gasteiger partial charge in [-0.05, 0) is 47.5 Å². The smallest absolute Gasteiger partial charge is 0.131 e. The number of benzene rings is 3. The first kappa shape index (κ1) is 23.8. The van der Waals surface area contributed by atoms with Crippen molar-refractivity contribution in [1.29, 1.82) is 0 Å². The largest absolute Gasteiger partial charge is 0.497 e. The van der Waals surface area contributed by atoms with Crippen LogP contribution >= 0.6 is 0 Å². The van der Waals surface area contributed by atoms with Gasteiger partial charge in [-0.2, -0.15) is 0 Å². The molecule has 1 heterocycles. The predicted octanol–water partition coefficient (Wildman–Crippen LogP) is 6.14. The molecule has 0 aliphatic heterocycles. The minimum Gasteiger partial charge on any atom is -0.497 e. The summed E-state index contributed by atoms with van der Waals surface area (Å²) >= 11 is 0. The van der Waals surface area contributed by atoms with Crippen molar-refractivity contribution in [2.75, 3.05) is 19.1 Å². The molecular weight excluding hydrogens is 443 g/mol. The maximum atomic E-state index is 15.2. The van der Waals surface area contributed by atoms with E-state index in [-0.39, 0.29) is 5.82 Å². The summed E-state index contributed by atoms with van der Waals surface area (Å²) < 4.78 is 25.8. The Balaban J connectivity index is 1.71. The van der Waals surface area contributed by atoms with Gasteiger partial charge in [-0.3, -0.25) is 0 Å². The van der Waals surface area contributed by atoms with E-state index in [4.69, 9.17) is 14.5 Å². The molecule has 0 N–H and O–H groups in total. The topological polar surface area (TPSA) is 34.6 Å². The molecule has 0 saturated carbocycles. The predicted molar refractivity (Wildman–Crippen MR) is 141 cm³/mol. The van der Waals surface area contributed by atoms with Gasteiger partial charge in [0.25, 0.3) is 0 Å². The summed E-state index contributed by atoms with van der Waals surface area (Å²) in [5, 5.41) is 2.54. The number of halogens is 1. The van der Waals surface area contributed by atoms with E-state index in [2.05, 4.69) is 30.6 Å². The quantitative estimate of drug-likeness (QED) is 0.287. The molecule has 3 aromatic carbocycles. The summed E-state index contributed by atoms with van der Waals surface area (Å²) in [6, 6.07) is 21.6. The highest BCUT2D eigenvalue weighted by Gasteiger charge is 2.19. The average Bonchev–Trinajstić information content (AvgIpc) is 2.84. The van der Waals surface area contributed by atoms with Crippen molar-refractivity contribution in [2.45, 2.75) is 32.7 Å². The number of ether oxygens (including phenoxy) is 2. The van der Waals surface area contributed by atoms with Crippen molar-refractivity contribution >= 4 is 29.9 Å². The molecule has 1 aromatic heterocycles. The van der Waals surface area contributed by atoms with E-state index in [1.807, 2.05) is 54.6 Å². The number of aromatic nitrogens is 1. The summed E-state index contributed by atoms with van der Waals surface area (Å²) in [6.07, 6.45) is 1.80. The molecule has 0 radical (unpaired) electrons. The normalized spacial score (nSPS) is 11.5. The standard InChI is InChI=1S/C28H31FN2O2Si/c1-32-23-10-6-20(7-11-23)18-31(19-21-8-12-24(33-2)13-9-21)28-16-26-22(17-30-28)14-25(15-27(26)29)34(3,4)5/h6-17H,18-19H2,1-5H3. The van der Waals surface area contributed by atoms with Crippen molar-refractivity contribution in [3.8, 4) is 11.5 Å². The van der Waals surface area contributed by atoms with Gasteiger partial charge in [0.15, 0.2) is 0 Å². The number of rotatable bonds is 8. The third kappa shape index (κ3) is 5.39. The van der Waals surface area contributed by atoms with Crippen LogP contribution in [0.15, 0.2) is 72.9 Å². The third-order valence-corrected chi connectivity index (χ3v) is 8.05. The number of methoxy groups -OCH3 is 2. The summed E-state index contributed by atoms with van der Waals surface area (Å²) in [5.41, 5.74) is 2.23. The highest BCUT2D eigenvalue weighted by Crippen LogP contribution is 2.26. The molecule has 4 rings (SSSR count). The number of fused-ring (bicyclic) bond motifs is 1. The highest BCUT2D eigenvalue weighted by atomic mass is 28.3. The molecule has 0 spiro atoms. The Morgan fingerprint density at radius 3 is 1.79 bits per heavy atom. The third-order valence-electron chi connectivity index (χ3n) is 6.03. The van der Waals surface area contributed by atoms with Crippen molar-refractivity contribution in [2.24, 2.45) is 0 Å². The SMILES string of the molecule is COc1ccc(CN(Cc2ccc(OC)cc2)c2cc3c(F)cc([Si](C)(C)C)cc3cn2)cc1. The molecule has 0 bridgehead atoms. The Morgan fingerprint density at radius 1 is 0.794 bits per heavy atom. The van der Waals surface area contributed by atoms with Crippen LogP contribution in [0.25, 0.3) is 10.8 Å². The molecule has 0 saturated heterocycles. The van der Waals surface area contributed by atoms with Crippen LogP contribution in [0.5, 0.6) is 11.5 Å². The van der Waals surface area contributed by atoms with Gasteiger partial charge in [-0.1, -0.05) is 55.2 Å². The molecule has 0 atom stereocenters. The molecular formula is C28H31FN2O2Si. The summed E-state index contributed by atoms with van der Waals surface area (Å²) in [7, 11) is 1.68. The van der Waals surface area contributed by atoms with Crippen LogP contribution in [0.3, 0.4) is 0 Å². The molecule has 176 valence electrons. The average molecular weight is 475 g/mol. The molecule has 6 heteroatoms. The fourth-order valence-electron chi connectivity index (χ4n) is 3.93. The molecule has 4 nitrogen and oxygen atoms in total. The fourth-order valence-corrected chi connectivity index (χ4v) is 5.08. The van der Waals surface area contributed by atoms with E-state index in [0.29, 0.717) is 18.5 Å². The van der Waals surface area contributed by atoms with Gasteiger partial charge < -0.3 is 14.4 Å². The number of pyridine rings is 1. The van der Waals surface area contributed by atoms with Crippen LogP contribution < -0.4 is 19.6 Å². The highest BCUT2D eigenvalue weighted by molar-refractivity contribution is 6.88. The van der Waals surface area contributed by atoms with Crippen molar-refractivity contribution < 1.29 is 13.9 Å². The molecule has 34 heavy (non-hydrogen) atoms. The van der Waals surface area contributed by atoms with Gasteiger partial charge in [0, 0.05) is 30.1 Å². The minimum atomic E-state index is -1.63. The maximum absolute atomic E-state index is 15.2. The second-order valence-corrected chi connectivity index (χ2v) is 14.6. The van der Waals surface area contributed by atoms with E-state index in [9.17, 15) is 0 Å². The number of anilines is 1. The van der Waals surface area contributed by atoms with Gasteiger partial charge in [0.2, 0.25) is 0 Å². The second kappa shape index (κ2) is 9.85. The van der Waals surface area contributed by atoms with Crippen LogP contribution in [0, 0.1) is 5.82 Å². The van der Waals surface area contributed by atoms with Crippen molar-refractivity contribution in [1.82, 2.24) is 4.98 Å². The lowest BCUT2D eigenvalue weighted by Gasteiger charge is -2.25. The first-order valence-corrected chi connectivity index (χ1v) is 14.9. The Labute approximate surface area is 202 Å². The molecule has 0 unspecified atom stereocenters. The second-order valence-electron chi connectivity index (χ2n) is 9.52. The lowest BCUT2D eigenvalue weighted by Crippen LogP contribution is -2.37. The van der Waals surface area contributed by atoms with E-state index in [1.54, 1.807) is 26.5 Å². The van der Waals surface area contributed by atoms with E-state index >= 15 is 4.39 Å². The zero-order chi connectivity index (χ0) is 24.3. The number of hydrogen-bond donors (Lipinski definition) is 0. The summed E-state index contributed by atoms with van der Waals surface area (Å²) in [6.45, 7) is 7.93. The van der Waals surface area contributed by atoms with Crippen LogP contribution in [-0.4, -0.2) is 27.3 Å². The van der Waals surface area contributed by atoms with Crippen LogP contribution in [-0.2, 0) is 13.1 Å². The number of hydrogen-bond acceptors (Lipinski definition) is 4. The first-order valence-electron chi connectivity index (χ1n) is 11.4. The Hall–Kier alpha value is -3.38. The van der Waals surface area contributed by atoms with E-state index < -0.39 is 8.07 Å². The van der Waals surface area contributed by atoms with Gasteiger partial charge in [0.1, 0.15) is 23.1 Å². The van der Waals surface area contributed by atoms with Gasteiger partial charge in [-0.15, -0.1) is 0 Å². The van der Waals surface area contributed by atoms with E-state index in [0.717, 1.165) is 39.0 Å². The van der Waals surface area contributed by atoms with Crippen molar-refractivity contribution in [3.63, 3.8) is 0 Å². The first-order chi connectivity index (χ1) is 16.3. The molecule has 0 aliphatic rings. The fraction of sp³-hybridized carbons (Fsp3) is 0.250. The Bertz CT molecular complexity index is 1220. The van der Waals surface area contributed by atoms with Gasteiger partial charge >= 0.3 is 0 Å². The summed E-state index contributed by atoms with van der Waals surface area (Å²) in [4.78, 5) is 6.92. The van der Waals surface area contributed by atoms with Crippen LogP contribution in [0.4, 0.5) is 10.2 Å². The molecule has 0 fully saturated rings. The molecule has 0 aliphatic carbocycles. The van der Waals surface area contributed by atoms with E-state index in [1.165, 1.54) is 0 Å². The zero-order valence-corrected chi connectivity index (χ0v) is 21.4. The number of nitrogens with zero attached hydrogens (tertiary/aromatic N) is 2. The Kier molecular flexibility index (Phi) is 6.89. The Morgan fingerprint density at radius 2 is 1.32 bits per heavy atom. The van der Waals surface area contributed by atoms with Crippen LogP contribution in [0.2, 0.25) is 19.6 Å². The van der Waals surface area contributed by atoms with Crippen molar-refractivity contribution in [3.05, 3.63) is 89.9 Å². The zero-order valence-electron chi connectivity index (χ0n) is 20.4. The summed E-state index contributed by atoms with van der Waals surface area (Å²) in [5.74, 6) is 2.18. The molecule has 4 aromatic rings. The monoisotopic (exact) mass is 474 g/mol. The lowest BCUT2D eigenvalue weighted by atomic mass is 10.1.